The van der Waals surface area contributed by atoms with Gasteiger partial charge >= 0.3 is 6.03 Å². The van der Waals surface area contributed by atoms with Gasteiger partial charge in [0, 0.05) is 51.7 Å². The Labute approximate surface area is 130 Å². The van der Waals surface area contributed by atoms with Crippen LogP contribution < -0.4 is 10.6 Å². The molecule has 2 rings (SSSR count). The molecule has 0 aliphatic carbocycles. The molecule has 3 N–H and O–H groups in total. The third-order valence-electron chi connectivity index (χ3n) is 3.62. The molecular formula is C14H24N6O2. The lowest BCUT2D eigenvalue weighted by Gasteiger charge is -2.34. The molecule has 122 valence electrons. The fourth-order valence-corrected chi connectivity index (χ4v) is 2.41. The van der Waals surface area contributed by atoms with Gasteiger partial charge in [0.1, 0.15) is 0 Å². The van der Waals surface area contributed by atoms with Crippen molar-refractivity contribution >= 4 is 11.8 Å². The van der Waals surface area contributed by atoms with Gasteiger partial charge in [-0.2, -0.15) is 0 Å². The molecule has 2 heterocycles. The highest BCUT2D eigenvalue weighted by molar-refractivity contribution is 5.87. The Morgan fingerprint density at radius 1 is 1.18 bits per heavy atom. The van der Waals surface area contributed by atoms with Gasteiger partial charge in [0.2, 0.25) is 0 Å². The number of aliphatic hydroxyl groups is 1. The number of aromatic nitrogens is 2. The molecule has 0 aromatic carbocycles. The van der Waals surface area contributed by atoms with Gasteiger partial charge in [0.15, 0.2) is 5.82 Å². The number of nitrogens with one attached hydrogen (secondary N) is 2. The minimum Gasteiger partial charge on any atom is -0.395 e. The number of nitrogens with zero attached hydrogens (tertiary/aromatic N) is 4. The lowest BCUT2D eigenvalue weighted by Crippen LogP contribution is -2.47. The summed E-state index contributed by atoms with van der Waals surface area (Å²) in [5.41, 5.74) is 0. The van der Waals surface area contributed by atoms with Crippen LogP contribution in [0.25, 0.3) is 0 Å². The van der Waals surface area contributed by atoms with E-state index in [0.717, 1.165) is 45.7 Å². The number of piperazine rings is 1. The van der Waals surface area contributed by atoms with Gasteiger partial charge in [-0.25, -0.2) is 9.78 Å². The molecule has 0 spiro atoms. The Kier molecular flexibility index (Phi) is 7.01. The second kappa shape index (κ2) is 9.29. The van der Waals surface area contributed by atoms with Crippen molar-refractivity contribution in [3.8, 4) is 0 Å². The Bertz CT molecular complexity index is 436. The molecule has 22 heavy (non-hydrogen) atoms. The predicted molar refractivity (Wildman–Crippen MR) is 83.6 cm³/mol. The average Bonchev–Trinajstić information content (AvgIpc) is 2.54. The predicted octanol–water partition coefficient (Wildman–Crippen LogP) is -0.402. The Morgan fingerprint density at radius 2 is 1.91 bits per heavy atom. The summed E-state index contributed by atoms with van der Waals surface area (Å²) in [6, 6.07) is -0.256. The molecule has 8 heteroatoms. The molecule has 1 aromatic heterocycles. The second-order valence-electron chi connectivity index (χ2n) is 5.23. The van der Waals surface area contributed by atoms with E-state index in [0.29, 0.717) is 12.4 Å². The number of urea groups is 1. The zero-order valence-corrected chi connectivity index (χ0v) is 12.7. The van der Waals surface area contributed by atoms with Gasteiger partial charge < -0.3 is 15.3 Å². The number of hydrogen-bond acceptors (Lipinski definition) is 6. The molecule has 0 atom stereocenters. The summed E-state index contributed by atoms with van der Waals surface area (Å²) < 4.78 is 0. The molecule has 1 aliphatic rings. The first-order chi connectivity index (χ1) is 10.8. The summed E-state index contributed by atoms with van der Waals surface area (Å²) >= 11 is 0. The fraction of sp³-hybridized carbons (Fsp3) is 0.643. The molecule has 8 nitrogen and oxygen atoms in total. The third-order valence-corrected chi connectivity index (χ3v) is 3.62. The molecule has 0 unspecified atom stereocenters. The first-order valence-corrected chi connectivity index (χ1v) is 7.64. The van der Waals surface area contributed by atoms with Crippen LogP contribution in [0.5, 0.6) is 0 Å². The Morgan fingerprint density at radius 3 is 2.55 bits per heavy atom. The minimum atomic E-state index is -0.256. The van der Waals surface area contributed by atoms with E-state index in [1.54, 1.807) is 6.20 Å². The number of carbonyl (C=O) groups is 1. The van der Waals surface area contributed by atoms with Gasteiger partial charge in [0.05, 0.1) is 12.8 Å². The van der Waals surface area contributed by atoms with Gasteiger partial charge in [-0.1, -0.05) is 0 Å². The average molecular weight is 308 g/mol. The van der Waals surface area contributed by atoms with Crippen LogP contribution in [0.2, 0.25) is 0 Å². The molecule has 1 aliphatic heterocycles. The smallest absolute Gasteiger partial charge is 0.320 e. The van der Waals surface area contributed by atoms with E-state index in [-0.39, 0.29) is 12.6 Å². The van der Waals surface area contributed by atoms with E-state index in [1.165, 1.54) is 12.4 Å². The van der Waals surface area contributed by atoms with E-state index < -0.39 is 0 Å². The zero-order valence-electron chi connectivity index (χ0n) is 12.7. The molecule has 0 bridgehead atoms. The lowest BCUT2D eigenvalue weighted by atomic mass is 10.3. The van der Waals surface area contributed by atoms with Crippen molar-refractivity contribution in [1.29, 1.82) is 0 Å². The van der Waals surface area contributed by atoms with E-state index in [2.05, 4.69) is 30.4 Å². The van der Waals surface area contributed by atoms with E-state index in [4.69, 9.17) is 5.11 Å². The summed E-state index contributed by atoms with van der Waals surface area (Å²) in [7, 11) is 0. The van der Waals surface area contributed by atoms with E-state index in [1.807, 2.05) is 0 Å². The quantitative estimate of drug-likeness (QED) is 0.593. The van der Waals surface area contributed by atoms with Crippen molar-refractivity contribution in [2.24, 2.45) is 0 Å². The topological polar surface area (TPSA) is 93.6 Å². The van der Waals surface area contributed by atoms with Crippen LogP contribution in [0.3, 0.4) is 0 Å². The first-order valence-electron chi connectivity index (χ1n) is 7.64. The SMILES string of the molecule is O=C(NCCCN1CCN(CCO)CC1)Nc1cnccn1. The second-order valence-corrected chi connectivity index (χ2v) is 5.23. The summed E-state index contributed by atoms with van der Waals surface area (Å²) in [5.74, 6) is 0.444. The highest BCUT2D eigenvalue weighted by Crippen LogP contribution is 2.01. The van der Waals surface area contributed by atoms with Crippen molar-refractivity contribution in [1.82, 2.24) is 25.1 Å². The summed E-state index contributed by atoms with van der Waals surface area (Å²) in [6.45, 7) is 6.63. The number of aliphatic hydroxyl groups excluding tert-OH is 1. The number of β-amino-alcohol motifs (C(OH)–C–C–N with tert-alkyl or cyclic N) is 1. The van der Waals surface area contributed by atoms with Gasteiger partial charge in [-0.05, 0) is 13.0 Å². The van der Waals surface area contributed by atoms with Crippen LogP contribution >= 0.6 is 0 Å². The highest BCUT2D eigenvalue weighted by atomic mass is 16.3. The minimum absolute atomic E-state index is 0.227. The molecule has 1 fully saturated rings. The maximum absolute atomic E-state index is 11.6. The Balaban J connectivity index is 1.53. The molecule has 0 radical (unpaired) electrons. The Hall–Kier alpha value is -1.77. The summed E-state index contributed by atoms with van der Waals surface area (Å²) in [5, 5.41) is 14.4. The largest absolute Gasteiger partial charge is 0.395 e. The zero-order chi connectivity index (χ0) is 15.6. The molecule has 1 saturated heterocycles. The van der Waals surface area contributed by atoms with Crippen molar-refractivity contribution < 1.29 is 9.90 Å². The van der Waals surface area contributed by atoms with Crippen molar-refractivity contribution in [2.45, 2.75) is 6.42 Å². The fourth-order valence-electron chi connectivity index (χ4n) is 2.41. The molecule has 1 aromatic rings. The van der Waals surface area contributed by atoms with Crippen LogP contribution in [0.1, 0.15) is 6.42 Å². The van der Waals surface area contributed by atoms with E-state index in [9.17, 15) is 4.79 Å². The van der Waals surface area contributed by atoms with Gasteiger partial charge in [-0.3, -0.25) is 15.2 Å². The van der Waals surface area contributed by atoms with Crippen molar-refractivity contribution in [3.63, 3.8) is 0 Å². The molecule has 2 amide bonds. The number of anilines is 1. The number of hydrogen-bond donors (Lipinski definition) is 3. The van der Waals surface area contributed by atoms with Crippen molar-refractivity contribution in [2.75, 3.05) is 57.7 Å². The van der Waals surface area contributed by atoms with E-state index >= 15 is 0 Å². The number of rotatable bonds is 7. The van der Waals surface area contributed by atoms with Gasteiger partial charge in [-0.15, -0.1) is 0 Å². The van der Waals surface area contributed by atoms with Crippen LogP contribution in [-0.4, -0.2) is 83.3 Å². The maximum Gasteiger partial charge on any atom is 0.320 e. The highest BCUT2D eigenvalue weighted by Gasteiger charge is 2.15. The molecule has 0 saturated carbocycles. The standard InChI is InChI=1S/C14H24N6O2/c21-11-10-20-8-6-19(7-9-20)5-1-2-17-14(22)18-13-12-15-3-4-16-13/h3-4,12,21H,1-2,5-11H2,(H2,16,17,18,22). The lowest BCUT2D eigenvalue weighted by molar-refractivity contribution is 0.112. The monoisotopic (exact) mass is 308 g/mol. The van der Waals surface area contributed by atoms with Crippen LogP contribution in [-0.2, 0) is 0 Å². The third kappa shape index (κ3) is 5.92. The molecular weight excluding hydrogens is 284 g/mol. The summed E-state index contributed by atoms with van der Waals surface area (Å²) in [6.07, 6.45) is 5.51. The first kappa shape index (κ1) is 16.6. The van der Waals surface area contributed by atoms with Crippen LogP contribution in [0, 0.1) is 0 Å². The normalized spacial score (nSPS) is 16.4. The number of carbonyl (C=O) groups excluding carboxylic acids is 1. The van der Waals surface area contributed by atoms with Gasteiger partial charge in [0.25, 0.3) is 0 Å². The number of amides is 2. The summed E-state index contributed by atoms with van der Waals surface area (Å²) in [4.78, 5) is 24.2. The maximum atomic E-state index is 11.6. The van der Waals surface area contributed by atoms with Crippen molar-refractivity contribution in [3.05, 3.63) is 18.6 Å². The van der Waals surface area contributed by atoms with Crippen LogP contribution in [0.4, 0.5) is 10.6 Å². The van der Waals surface area contributed by atoms with Crippen LogP contribution in [0.15, 0.2) is 18.6 Å².